The number of likely N-dealkylation sites (N-methyl/N-ethyl adjacent to an activating group) is 1. The first kappa shape index (κ1) is 12.0. The van der Waals surface area contributed by atoms with E-state index in [0.717, 1.165) is 31.7 Å². The molecule has 1 aromatic rings. The van der Waals surface area contributed by atoms with Crippen LogP contribution in [0.5, 0.6) is 0 Å². The third-order valence-corrected chi connectivity index (χ3v) is 3.17. The number of aromatic nitrogens is 1. The highest BCUT2D eigenvalue weighted by molar-refractivity contribution is 5.81. The van der Waals surface area contributed by atoms with E-state index >= 15 is 0 Å². The van der Waals surface area contributed by atoms with Gasteiger partial charge in [0.25, 0.3) is 0 Å². The molecule has 0 radical (unpaired) electrons. The maximum atomic E-state index is 11.6. The van der Waals surface area contributed by atoms with Crippen LogP contribution in [-0.4, -0.2) is 53.9 Å². The van der Waals surface area contributed by atoms with E-state index in [9.17, 15) is 4.79 Å². The number of nitrogens with zero attached hydrogens (tertiary/aromatic N) is 3. The van der Waals surface area contributed by atoms with Crippen molar-refractivity contribution in [1.82, 2.24) is 14.8 Å². The maximum absolute atomic E-state index is 11.6. The number of carbonyl (C=O) groups excluding carboxylic acids is 1. The molecule has 92 valence electrons. The van der Waals surface area contributed by atoms with E-state index in [2.05, 4.69) is 21.8 Å². The van der Waals surface area contributed by atoms with E-state index in [4.69, 9.17) is 5.73 Å². The van der Waals surface area contributed by atoms with Gasteiger partial charge in [0.15, 0.2) is 0 Å². The monoisotopic (exact) mass is 234 g/mol. The number of piperazine rings is 1. The molecule has 5 nitrogen and oxygen atoms in total. The molecular weight excluding hydrogens is 216 g/mol. The minimum absolute atomic E-state index is 0.303. The zero-order valence-electron chi connectivity index (χ0n) is 10.0. The van der Waals surface area contributed by atoms with Crippen LogP contribution in [0.3, 0.4) is 0 Å². The van der Waals surface area contributed by atoms with Gasteiger partial charge in [0.2, 0.25) is 5.91 Å². The lowest BCUT2D eigenvalue weighted by Crippen LogP contribution is -2.49. The molecule has 1 aromatic heterocycles. The molecule has 1 aliphatic heterocycles. The summed E-state index contributed by atoms with van der Waals surface area (Å²) in [5, 5.41) is 0. The molecule has 0 bridgehead atoms. The predicted molar refractivity (Wildman–Crippen MR) is 65.2 cm³/mol. The summed E-state index contributed by atoms with van der Waals surface area (Å²) in [7, 11) is 2.08. The first-order valence-corrected chi connectivity index (χ1v) is 5.80. The fourth-order valence-corrected chi connectivity index (χ4v) is 2.17. The van der Waals surface area contributed by atoms with Crippen molar-refractivity contribution < 1.29 is 4.79 Å². The van der Waals surface area contributed by atoms with Crippen molar-refractivity contribution in [3.8, 4) is 0 Å². The molecule has 1 saturated heterocycles. The molecule has 1 atom stereocenters. The molecule has 1 amide bonds. The van der Waals surface area contributed by atoms with Crippen LogP contribution in [0.25, 0.3) is 0 Å². The van der Waals surface area contributed by atoms with Crippen LogP contribution in [-0.2, 0) is 4.79 Å². The van der Waals surface area contributed by atoms with Gasteiger partial charge in [-0.25, -0.2) is 0 Å². The Bertz CT molecular complexity index is 373. The Morgan fingerprint density at radius 1 is 1.41 bits per heavy atom. The van der Waals surface area contributed by atoms with Gasteiger partial charge in [-0.05, 0) is 18.7 Å². The van der Waals surface area contributed by atoms with Crippen molar-refractivity contribution in [2.24, 2.45) is 5.73 Å². The second kappa shape index (κ2) is 5.25. The van der Waals surface area contributed by atoms with Gasteiger partial charge >= 0.3 is 0 Å². The van der Waals surface area contributed by atoms with E-state index in [-0.39, 0.29) is 11.9 Å². The first-order valence-electron chi connectivity index (χ1n) is 5.80. The summed E-state index contributed by atoms with van der Waals surface area (Å²) in [4.78, 5) is 20.0. The van der Waals surface area contributed by atoms with Crippen molar-refractivity contribution in [3.63, 3.8) is 0 Å². The lowest BCUT2D eigenvalue weighted by molar-refractivity contribution is -0.124. The lowest BCUT2D eigenvalue weighted by Gasteiger charge is -2.36. The summed E-state index contributed by atoms with van der Waals surface area (Å²) in [5.41, 5.74) is 6.39. The molecule has 1 aliphatic rings. The average molecular weight is 234 g/mol. The largest absolute Gasteiger partial charge is 0.368 e. The third kappa shape index (κ3) is 2.81. The van der Waals surface area contributed by atoms with E-state index < -0.39 is 0 Å². The van der Waals surface area contributed by atoms with Crippen molar-refractivity contribution in [1.29, 1.82) is 0 Å². The minimum Gasteiger partial charge on any atom is -0.368 e. The van der Waals surface area contributed by atoms with Crippen LogP contribution in [0.4, 0.5) is 0 Å². The predicted octanol–water partition coefficient (Wildman–Crippen LogP) is -0.145. The highest BCUT2D eigenvalue weighted by atomic mass is 16.1. The van der Waals surface area contributed by atoms with Crippen LogP contribution >= 0.6 is 0 Å². The van der Waals surface area contributed by atoms with Crippen molar-refractivity contribution >= 4 is 5.91 Å². The highest BCUT2D eigenvalue weighted by Gasteiger charge is 2.27. The van der Waals surface area contributed by atoms with Crippen LogP contribution in [0.2, 0.25) is 0 Å². The van der Waals surface area contributed by atoms with Crippen LogP contribution < -0.4 is 5.73 Å². The number of pyridine rings is 1. The van der Waals surface area contributed by atoms with Gasteiger partial charge in [-0.1, -0.05) is 6.07 Å². The van der Waals surface area contributed by atoms with Crippen LogP contribution in [0, 0.1) is 0 Å². The summed E-state index contributed by atoms with van der Waals surface area (Å²) in [6.07, 6.45) is 3.42. The fourth-order valence-electron chi connectivity index (χ4n) is 2.17. The van der Waals surface area contributed by atoms with Crippen molar-refractivity contribution in [2.75, 3.05) is 33.2 Å². The SMILES string of the molecule is CN1CCN(C(C(N)=O)c2cccnc2)CC1. The van der Waals surface area contributed by atoms with Crippen molar-refractivity contribution in [2.45, 2.75) is 6.04 Å². The summed E-state index contributed by atoms with van der Waals surface area (Å²) < 4.78 is 0. The molecule has 0 aromatic carbocycles. The maximum Gasteiger partial charge on any atom is 0.239 e. The number of carbonyl (C=O) groups is 1. The molecule has 0 saturated carbocycles. The Balaban J connectivity index is 2.16. The van der Waals surface area contributed by atoms with Crippen LogP contribution in [0.1, 0.15) is 11.6 Å². The van der Waals surface area contributed by atoms with E-state index in [0.29, 0.717) is 0 Å². The Labute approximate surface area is 101 Å². The number of hydrogen-bond donors (Lipinski definition) is 1. The summed E-state index contributed by atoms with van der Waals surface area (Å²) in [6.45, 7) is 3.64. The zero-order chi connectivity index (χ0) is 12.3. The topological polar surface area (TPSA) is 62.5 Å². The van der Waals surface area contributed by atoms with E-state index in [1.54, 1.807) is 12.4 Å². The molecule has 1 fully saturated rings. The van der Waals surface area contributed by atoms with Gasteiger partial charge in [0.05, 0.1) is 0 Å². The van der Waals surface area contributed by atoms with Gasteiger partial charge in [-0.15, -0.1) is 0 Å². The van der Waals surface area contributed by atoms with Gasteiger partial charge in [0, 0.05) is 38.6 Å². The molecule has 2 heterocycles. The van der Waals surface area contributed by atoms with Crippen molar-refractivity contribution in [3.05, 3.63) is 30.1 Å². The Hall–Kier alpha value is -1.46. The number of hydrogen-bond acceptors (Lipinski definition) is 4. The lowest BCUT2D eigenvalue weighted by atomic mass is 10.1. The zero-order valence-corrected chi connectivity index (χ0v) is 10.0. The molecule has 2 rings (SSSR count). The summed E-state index contributed by atoms with van der Waals surface area (Å²) in [6, 6.07) is 3.39. The molecule has 0 aliphatic carbocycles. The third-order valence-electron chi connectivity index (χ3n) is 3.17. The fraction of sp³-hybridized carbons (Fsp3) is 0.500. The number of rotatable bonds is 3. The van der Waals surface area contributed by atoms with Gasteiger partial charge in [-0.2, -0.15) is 0 Å². The Kier molecular flexibility index (Phi) is 3.71. The minimum atomic E-state index is -0.350. The van der Waals surface area contributed by atoms with E-state index in [1.165, 1.54) is 0 Å². The second-order valence-corrected chi connectivity index (χ2v) is 4.43. The molecule has 0 spiro atoms. The number of amides is 1. The summed E-state index contributed by atoms with van der Waals surface area (Å²) >= 11 is 0. The van der Waals surface area contributed by atoms with Gasteiger partial charge in [-0.3, -0.25) is 14.7 Å². The van der Waals surface area contributed by atoms with E-state index in [1.807, 2.05) is 12.1 Å². The second-order valence-electron chi connectivity index (χ2n) is 4.43. The number of primary amides is 1. The molecule has 17 heavy (non-hydrogen) atoms. The standard InChI is InChI=1S/C12H18N4O/c1-15-5-7-16(8-6-15)11(12(13)17)10-3-2-4-14-9-10/h2-4,9,11H,5-8H2,1H3,(H2,13,17). The molecule has 1 unspecified atom stereocenters. The molecular formula is C12H18N4O. The summed E-state index contributed by atoms with van der Waals surface area (Å²) in [5.74, 6) is -0.303. The Morgan fingerprint density at radius 3 is 2.65 bits per heavy atom. The van der Waals surface area contributed by atoms with Crippen LogP contribution in [0.15, 0.2) is 24.5 Å². The number of nitrogens with two attached hydrogens (primary N) is 1. The Morgan fingerprint density at radius 2 is 2.12 bits per heavy atom. The quantitative estimate of drug-likeness (QED) is 0.790. The van der Waals surface area contributed by atoms with Gasteiger partial charge < -0.3 is 10.6 Å². The highest BCUT2D eigenvalue weighted by Crippen LogP contribution is 2.20. The normalized spacial score (nSPS) is 20.1. The smallest absolute Gasteiger partial charge is 0.239 e. The average Bonchev–Trinajstić information content (AvgIpc) is 2.33. The molecule has 2 N–H and O–H groups in total. The molecule has 5 heteroatoms. The van der Waals surface area contributed by atoms with Gasteiger partial charge in [0.1, 0.15) is 6.04 Å². The first-order chi connectivity index (χ1) is 8.18.